The molecule has 1 N–H and O–H groups in total. The molecule has 34 heavy (non-hydrogen) atoms. The van der Waals surface area contributed by atoms with Crippen LogP contribution in [0.15, 0.2) is 59.8 Å². The Hall–Kier alpha value is -2.97. The molecule has 0 fully saturated rings. The molecular formula is C25H26ClFN2O4S. The standard InChI is InChI=1S/C25H26ClFN2O4S/c1-4-18(25(30)33-5-2)11-17-6-8-19(9-7-17)22-12-20(26)13-23(27)24(22)29-34(31,32)21-10-16(3)14-28-15-21/h6-10,12-15,18,29H,4-5,11H2,1-3H3. The second kappa shape index (κ2) is 11.0. The first-order valence-corrected chi connectivity index (χ1v) is 12.7. The van der Waals surface area contributed by atoms with Gasteiger partial charge in [0, 0.05) is 23.0 Å². The van der Waals surface area contributed by atoms with E-state index < -0.39 is 15.8 Å². The van der Waals surface area contributed by atoms with Crippen LogP contribution in [-0.4, -0.2) is 26.0 Å². The topological polar surface area (TPSA) is 85.4 Å². The van der Waals surface area contributed by atoms with E-state index in [9.17, 15) is 17.6 Å². The largest absolute Gasteiger partial charge is 0.466 e. The van der Waals surface area contributed by atoms with Gasteiger partial charge >= 0.3 is 5.97 Å². The summed E-state index contributed by atoms with van der Waals surface area (Å²) in [5.74, 6) is -1.31. The molecule has 0 saturated heterocycles. The minimum Gasteiger partial charge on any atom is -0.466 e. The summed E-state index contributed by atoms with van der Waals surface area (Å²) in [6.07, 6.45) is 3.87. The Balaban J connectivity index is 1.94. The van der Waals surface area contributed by atoms with E-state index in [4.69, 9.17) is 16.3 Å². The summed E-state index contributed by atoms with van der Waals surface area (Å²) < 4.78 is 48.2. The lowest BCUT2D eigenvalue weighted by atomic mass is 9.95. The zero-order valence-corrected chi connectivity index (χ0v) is 20.7. The van der Waals surface area contributed by atoms with Crippen molar-refractivity contribution in [3.63, 3.8) is 0 Å². The highest BCUT2D eigenvalue weighted by Gasteiger charge is 2.22. The molecule has 0 bridgehead atoms. The van der Waals surface area contributed by atoms with Crippen molar-refractivity contribution in [2.45, 2.75) is 38.5 Å². The van der Waals surface area contributed by atoms with Crippen LogP contribution in [0.25, 0.3) is 11.1 Å². The van der Waals surface area contributed by atoms with Crippen LogP contribution in [0.2, 0.25) is 5.02 Å². The summed E-state index contributed by atoms with van der Waals surface area (Å²) in [5.41, 5.74) is 2.20. The normalized spacial score (nSPS) is 12.3. The van der Waals surface area contributed by atoms with Gasteiger partial charge in [-0.25, -0.2) is 12.8 Å². The second-order valence-electron chi connectivity index (χ2n) is 7.87. The Morgan fingerprint density at radius 2 is 1.85 bits per heavy atom. The summed E-state index contributed by atoms with van der Waals surface area (Å²) >= 11 is 6.09. The molecule has 0 amide bonds. The zero-order chi connectivity index (χ0) is 24.9. The van der Waals surface area contributed by atoms with Crippen LogP contribution in [0, 0.1) is 18.7 Å². The van der Waals surface area contributed by atoms with E-state index in [-0.39, 0.29) is 33.1 Å². The average molecular weight is 505 g/mol. The van der Waals surface area contributed by atoms with Gasteiger partial charge in [-0.1, -0.05) is 42.8 Å². The first kappa shape index (κ1) is 25.6. The zero-order valence-electron chi connectivity index (χ0n) is 19.1. The molecule has 1 aromatic heterocycles. The van der Waals surface area contributed by atoms with Crippen LogP contribution in [0.4, 0.5) is 10.1 Å². The molecule has 0 aliphatic heterocycles. The molecule has 0 aliphatic carbocycles. The van der Waals surface area contributed by atoms with Crippen LogP contribution >= 0.6 is 11.6 Å². The van der Waals surface area contributed by atoms with E-state index in [0.29, 0.717) is 30.6 Å². The lowest BCUT2D eigenvalue weighted by molar-refractivity contribution is -0.148. The van der Waals surface area contributed by atoms with E-state index in [2.05, 4.69) is 9.71 Å². The Bertz CT molecular complexity index is 1280. The smallest absolute Gasteiger partial charge is 0.309 e. The van der Waals surface area contributed by atoms with Crippen molar-refractivity contribution < 1.29 is 22.3 Å². The molecule has 0 aliphatic rings. The summed E-state index contributed by atoms with van der Waals surface area (Å²) in [6, 6.07) is 11.1. The van der Waals surface area contributed by atoms with Gasteiger partial charge in [0.05, 0.1) is 18.2 Å². The molecule has 2 aromatic carbocycles. The van der Waals surface area contributed by atoms with Crippen molar-refractivity contribution >= 4 is 33.3 Å². The number of hydrogen-bond acceptors (Lipinski definition) is 5. The number of anilines is 1. The summed E-state index contributed by atoms with van der Waals surface area (Å²) in [7, 11) is -4.09. The molecule has 180 valence electrons. The first-order valence-electron chi connectivity index (χ1n) is 10.8. The molecule has 1 unspecified atom stereocenters. The fourth-order valence-corrected chi connectivity index (χ4v) is 4.87. The van der Waals surface area contributed by atoms with Gasteiger partial charge in [0.25, 0.3) is 10.0 Å². The van der Waals surface area contributed by atoms with E-state index in [1.165, 1.54) is 24.5 Å². The number of sulfonamides is 1. The molecule has 1 heterocycles. The van der Waals surface area contributed by atoms with Crippen molar-refractivity contribution in [2.24, 2.45) is 5.92 Å². The van der Waals surface area contributed by atoms with Gasteiger partial charge < -0.3 is 4.74 Å². The van der Waals surface area contributed by atoms with E-state index >= 15 is 0 Å². The average Bonchev–Trinajstić information content (AvgIpc) is 2.79. The van der Waals surface area contributed by atoms with Gasteiger partial charge in [-0.2, -0.15) is 0 Å². The van der Waals surface area contributed by atoms with Crippen LogP contribution in [0.5, 0.6) is 0 Å². The molecule has 0 radical (unpaired) electrons. The summed E-state index contributed by atoms with van der Waals surface area (Å²) in [4.78, 5) is 15.9. The maximum Gasteiger partial charge on any atom is 0.309 e. The fourth-order valence-electron chi connectivity index (χ4n) is 3.53. The summed E-state index contributed by atoms with van der Waals surface area (Å²) in [5, 5.41) is 0.130. The monoisotopic (exact) mass is 504 g/mol. The number of nitrogens with one attached hydrogen (secondary N) is 1. The molecule has 1 atom stereocenters. The van der Waals surface area contributed by atoms with Crippen molar-refractivity contribution in [2.75, 3.05) is 11.3 Å². The number of aromatic nitrogens is 1. The molecule has 0 saturated carbocycles. The van der Waals surface area contributed by atoms with Crippen LogP contribution < -0.4 is 4.72 Å². The number of benzene rings is 2. The number of carbonyl (C=O) groups is 1. The fraction of sp³-hybridized carbons (Fsp3) is 0.280. The van der Waals surface area contributed by atoms with E-state index in [1.807, 2.05) is 19.1 Å². The molecule has 9 heteroatoms. The predicted molar refractivity (Wildman–Crippen MR) is 131 cm³/mol. The van der Waals surface area contributed by atoms with Crippen LogP contribution in [-0.2, 0) is 26.0 Å². The van der Waals surface area contributed by atoms with Crippen LogP contribution in [0.1, 0.15) is 31.4 Å². The molecule has 3 rings (SSSR count). The van der Waals surface area contributed by atoms with Crippen molar-refractivity contribution in [3.8, 4) is 11.1 Å². The highest BCUT2D eigenvalue weighted by atomic mass is 35.5. The van der Waals surface area contributed by atoms with Gasteiger partial charge in [-0.3, -0.25) is 14.5 Å². The predicted octanol–water partition coefficient (Wildman–Crippen LogP) is 5.78. The Kier molecular flexibility index (Phi) is 8.28. The number of carbonyl (C=O) groups excluding carboxylic acids is 1. The second-order valence-corrected chi connectivity index (χ2v) is 9.99. The third-order valence-corrected chi connectivity index (χ3v) is 6.85. The number of esters is 1. The van der Waals surface area contributed by atoms with E-state index in [0.717, 1.165) is 11.6 Å². The number of pyridine rings is 1. The van der Waals surface area contributed by atoms with Crippen LogP contribution in [0.3, 0.4) is 0 Å². The first-order chi connectivity index (χ1) is 16.1. The van der Waals surface area contributed by atoms with Gasteiger partial charge in [-0.15, -0.1) is 0 Å². The minimum atomic E-state index is -4.09. The number of rotatable bonds is 9. The minimum absolute atomic E-state index is 0.0762. The quantitative estimate of drug-likeness (QED) is 0.373. The van der Waals surface area contributed by atoms with Crippen molar-refractivity contribution in [1.29, 1.82) is 0 Å². The number of hydrogen-bond donors (Lipinski definition) is 1. The number of nitrogens with zero attached hydrogens (tertiary/aromatic N) is 1. The molecule has 0 spiro atoms. The maximum atomic E-state index is 14.9. The lowest BCUT2D eigenvalue weighted by Gasteiger charge is -2.16. The molecule has 3 aromatic rings. The Morgan fingerprint density at radius 1 is 1.15 bits per heavy atom. The number of ether oxygens (including phenoxy) is 1. The highest BCUT2D eigenvalue weighted by Crippen LogP contribution is 2.35. The van der Waals surface area contributed by atoms with Crippen molar-refractivity contribution in [1.82, 2.24) is 4.98 Å². The number of halogens is 2. The van der Waals surface area contributed by atoms with Gasteiger partial charge in [0.1, 0.15) is 10.7 Å². The third kappa shape index (κ3) is 6.12. The highest BCUT2D eigenvalue weighted by molar-refractivity contribution is 7.92. The van der Waals surface area contributed by atoms with Gasteiger partial charge in [0.15, 0.2) is 0 Å². The Morgan fingerprint density at radius 3 is 2.47 bits per heavy atom. The van der Waals surface area contributed by atoms with Gasteiger partial charge in [0.2, 0.25) is 0 Å². The molecule has 6 nitrogen and oxygen atoms in total. The SMILES string of the molecule is CCOC(=O)C(CC)Cc1ccc(-c2cc(Cl)cc(F)c2NS(=O)(=O)c2cncc(C)c2)cc1. The third-order valence-electron chi connectivity index (χ3n) is 5.31. The lowest BCUT2D eigenvalue weighted by Crippen LogP contribution is -2.19. The Labute approximate surface area is 204 Å². The van der Waals surface area contributed by atoms with Crippen molar-refractivity contribution in [3.05, 3.63) is 76.8 Å². The van der Waals surface area contributed by atoms with Gasteiger partial charge in [-0.05, 0) is 61.6 Å². The number of aryl methyl sites for hydroxylation is 1. The van der Waals surface area contributed by atoms with E-state index in [1.54, 1.807) is 26.0 Å². The maximum absolute atomic E-state index is 14.9. The summed E-state index contributed by atoms with van der Waals surface area (Å²) in [6.45, 7) is 5.73. The molecular weight excluding hydrogens is 479 g/mol.